The van der Waals surface area contributed by atoms with Gasteiger partial charge in [-0.15, -0.1) is 13.2 Å². The molecule has 0 saturated heterocycles. The van der Waals surface area contributed by atoms with Crippen LogP contribution in [0.1, 0.15) is 12.0 Å². The number of carbonyl (C=O) groups excluding carboxylic acids is 1. The Balaban J connectivity index is 2.50. The minimum absolute atomic E-state index is 0.171. The van der Waals surface area contributed by atoms with Gasteiger partial charge in [-0.2, -0.15) is 0 Å². The second kappa shape index (κ2) is 9.07. The number of ether oxygens (including phenoxy) is 1. The summed E-state index contributed by atoms with van der Waals surface area (Å²) in [4.78, 5) is 16.9. The van der Waals surface area contributed by atoms with E-state index in [1.165, 1.54) is 12.2 Å². The van der Waals surface area contributed by atoms with E-state index in [0.717, 1.165) is 5.56 Å². The second-order valence-corrected chi connectivity index (χ2v) is 4.20. The SMILES string of the molecule is C=CCC(=O)N(OC)[C@@H](C=C)COCc1ccccc1. The fourth-order valence-corrected chi connectivity index (χ4v) is 1.74. The first kappa shape index (κ1) is 16.1. The summed E-state index contributed by atoms with van der Waals surface area (Å²) >= 11 is 0. The molecule has 4 nitrogen and oxygen atoms in total. The Morgan fingerprint density at radius 3 is 2.60 bits per heavy atom. The zero-order chi connectivity index (χ0) is 14.8. The fourth-order valence-electron chi connectivity index (χ4n) is 1.74. The van der Waals surface area contributed by atoms with E-state index in [4.69, 9.17) is 9.57 Å². The molecular formula is C16H21NO3. The van der Waals surface area contributed by atoms with Gasteiger partial charge in [-0.1, -0.05) is 42.5 Å². The molecule has 0 aliphatic carbocycles. The summed E-state index contributed by atoms with van der Waals surface area (Å²) in [6.07, 6.45) is 3.39. The predicted octanol–water partition coefficient (Wildman–Crippen LogP) is 2.72. The average molecular weight is 275 g/mol. The van der Waals surface area contributed by atoms with Crippen molar-refractivity contribution in [3.63, 3.8) is 0 Å². The molecule has 0 bridgehead atoms. The average Bonchev–Trinajstić information content (AvgIpc) is 2.47. The summed E-state index contributed by atoms with van der Waals surface area (Å²) in [7, 11) is 1.45. The van der Waals surface area contributed by atoms with E-state index in [9.17, 15) is 4.79 Å². The molecule has 1 aromatic carbocycles. The topological polar surface area (TPSA) is 38.8 Å². The molecule has 0 fully saturated rings. The van der Waals surface area contributed by atoms with Gasteiger partial charge in [-0.05, 0) is 5.56 Å². The highest BCUT2D eigenvalue weighted by molar-refractivity contribution is 5.77. The van der Waals surface area contributed by atoms with Crippen molar-refractivity contribution in [1.29, 1.82) is 0 Å². The molecule has 4 heteroatoms. The number of rotatable bonds is 9. The van der Waals surface area contributed by atoms with E-state index < -0.39 is 0 Å². The van der Waals surface area contributed by atoms with E-state index in [-0.39, 0.29) is 18.4 Å². The Labute approximate surface area is 120 Å². The summed E-state index contributed by atoms with van der Waals surface area (Å²) < 4.78 is 5.61. The lowest BCUT2D eigenvalue weighted by molar-refractivity contribution is -0.187. The van der Waals surface area contributed by atoms with E-state index in [2.05, 4.69) is 13.2 Å². The minimum atomic E-state index is -0.323. The third-order valence-corrected chi connectivity index (χ3v) is 2.73. The normalized spacial score (nSPS) is 11.7. The molecule has 0 aliphatic rings. The molecule has 0 aromatic heterocycles. The van der Waals surface area contributed by atoms with Crippen LogP contribution in [-0.4, -0.2) is 30.7 Å². The van der Waals surface area contributed by atoms with E-state index >= 15 is 0 Å². The van der Waals surface area contributed by atoms with Gasteiger partial charge in [0, 0.05) is 6.42 Å². The smallest absolute Gasteiger partial charge is 0.250 e. The molecule has 0 N–H and O–H groups in total. The van der Waals surface area contributed by atoms with E-state index in [1.807, 2.05) is 30.3 Å². The first-order valence-corrected chi connectivity index (χ1v) is 6.44. The number of amides is 1. The number of nitrogens with zero attached hydrogens (tertiary/aromatic N) is 1. The molecule has 0 saturated carbocycles. The van der Waals surface area contributed by atoms with Gasteiger partial charge in [0.15, 0.2) is 0 Å². The van der Waals surface area contributed by atoms with Crippen LogP contribution in [-0.2, 0) is 21.0 Å². The minimum Gasteiger partial charge on any atom is -0.374 e. The number of hydrogen-bond acceptors (Lipinski definition) is 3. The van der Waals surface area contributed by atoms with Crippen molar-refractivity contribution in [2.45, 2.75) is 19.1 Å². The standard InChI is InChI=1S/C16H21NO3/c1-4-9-16(18)17(19-3)15(5-2)13-20-12-14-10-7-6-8-11-14/h4-8,10-11,15H,1-2,9,12-13H2,3H3/t15-/m0/s1. The molecule has 1 rings (SSSR count). The number of carbonyl (C=O) groups is 1. The zero-order valence-corrected chi connectivity index (χ0v) is 11.8. The maximum absolute atomic E-state index is 11.8. The monoisotopic (exact) mass is 275 g/mol. The Morgan fingerprint density at radius 2 is 2.05 bits per heavy atom. The lowest BCUT2D eigenvalue weighted by atomic mass is 10.2. The van der Waals surface area contributed by atoms with Crippen LogP contribution in [0, 0.1) is 0 Å². The number of hydrogen-bond donors (Lipinski definition) is 0. The molecule has 0 heterocycles. The summed E-state index contributed by atoms with van der Waals surface area (Å²) in [5.41, 5.74) is 1.08. The third kappa shape index (κ3) is 4.99. The van der Waals surface area contributed by atoms with Crippen LogP contribution in [0.25, 0.3) is 0 Å². The summed E-state index contributed by atoms with van der Waals surface area (Å²) in [6, 6.07) is 9.52. The van der Waals surface area contributed by atoms with E-state index in [0.29, 0.717) is 13.2 Å². The van der Waals surface area contributed by atoms with Crippen molar-refractivity contribution in [2.75, 3.05) is 13.7 Å². The molecule has 1 aromatic rings. The van der Waals surface area contributed by atoms with Crippen LogP contribution < -0.4 is 0 Å². The molecule has 20 heavy (non-hydrogen) atoms. The highest BCUT2D eigenvalue weighted by Crippen LogP contribution is 2.07. The maximum atomic E-state index is 11.8. The Morgan fingerprint density at radius 1 is 1.35 bits per heavy atom. The fraction of sp³-hybridized carbons (Fsp3) is 0.312. The number of hydroxylamine groups is 2. The molecular weight excluding hydrogens is 254 g/mol. The first-order valence-electron chi connectivity index (χ1n) is 6.44. The van der Waals surface area contributed by atoms with Gasteiger partial charge in [0.1, 0.15) is 6.04 Å². The quantitative estimate of drug-likeness (QED) is 0.514. The molecule has 0 aliphatic heterocycles. The molecule has 0 unspecified atom stereocenters. The van der Waals surface area contributed by atoms with Crippen LogP contribution in [0.5, 0.6) is 0 Å². The first-order chi connectivity index (χ1) is 9.72. The van der Waals surface area contributed by atoms with Gasteiger partial charge in [0.05, 0.1) is 20.3 Å². The van der Waals surface area contributed by atoms with Crippen LogP contribution >= 0.6 is 0 Å². The largest absolute Gasteiger partial charge is 0.374 e. The van der Waals surface area contributed by atoms with Crippen molar-refractivity contribution >= 4 is 5.91 Å². The molecule has 108 valence electrons. The summed E-state index contributed by atoms with van der Waals surface area (Å²) in [5, 5.41) is 1.26. The molecule has 1 amide bonds. The van der Waals surface area contributed by atoms with Crippen LogP contribution in [0.15, 0.2) is 55.6 Å². The highest BCUT2D eigenvalue weighted by Gasteiger charge is 2.20. The van der Waals surface area contributed by atoms with Gasteiger partial charge in [-0.25, -0.2) is 5.06 Å². The van der Waals surface area contributed by atoms with Crippen molar-refractivity contribution in [1.82, 2.24) is 5.06 Å². The van der Waals surface area contributed by atoms with Gasteiger partial charge >= 0.3 is 0 Å². The maximum Gasteiger partial charge on any atom is 0.250 e. The Kier molecular flexibility index (Phi) is 7.32. The molecule has 1 atom stereocenters. The van der Waals surface area contributed by atoms with Gasteiger partial charge in [0.25, 0.3) is 5.91 Å². The van der Waals surface area contributed by atoms with Crippen molar-refractivity contribution in [2.24, 2.45) is 0 Å². The lowest BCUT2D eigenvalue weighted by Gasteiger charge is -2.26. The van der Waals surface area contributed by atoms with E-state index in [1.54, 1.807) is 12.2 Å². The summed E-state index contributed by atoms with van der Waals surface area (Å²) in [5.74, 6) is -0.171. The molecule has 0 spiro atoms. The predicted molar refractivity (Wildman–Crippen MR) is 78.8 cm³/mol. The number of benzene rings is 1. The Bertz CT molecular complexity index is 431. The van der Waals surface area contributed by atoms with Crippen molar-refractivity contribution in [3.05, 3.63) is 61.2 Å². The zero-order valence-electron chi connectivity index (χ0n) is 11.8. The van der Waals surface area contributed by atoms with Crippen molar-refractivity contribution < 1.29 is 14.4 Å². The van der Waals surface area contributed by atoms with Crippen LogP contribution in [0.4, 0.5) is 0 Å². The highest BCUT2D eigenvalue weighted by atomic mass is 16.7. The molecule has 0 radical (unpaired) electrons. The summed E-state index contributed by atoms with van der Waals surface area (Å²) in [6.45, 7) is 8.08. The van der Waals surface area contributed by atoms with Crippen LogP contribution in [0.2, 0.25) is 0 Å². The van der Waals surface area contributed by atoms with Gasteiger partial charge < -0.3 is 4.74 Å². The van der Waals surface area contributed by atoms with Gasteiger partial charge in [0.2, 0.25) is 0 Å². The van der Waals surface area contributed by atoms with Crippen molar-refractivity contribution in [3.8, 4) is 0 Å². The second-order valence-electron chi connectivity index (χ2n) is 4.20. The third-order valence-electron chi connectivity index (χ3n) is 2.73. The van der Waals surface area contributed by atoms with Crippen LogP contribution in [0.3, 0.4) is 0 Å². The lowest BCUT2D eigenvalue weighted by Crippen LogP contribution is -2.40. The Hall–Kier alpha value is -1.91. The van der Waals surface area contributed by atoms with Gasteiger partial charge in [-0.3, -0.25) is 9.63 Å².